The highest BCUT2D eigenvalue weighted by atomic mass is 35.5. The summed E-state index contributed by atoms with van der Waals surface area (Å²) in [5.74, 6) is -1.02. The zero-order valence-electron chi connectivity index (χ0n) is 15.3. The Hall–Kier alpha value is -2.90. The summed E-state index contributed by atoms with van der Waals surface area (Å²) in [6, 6.07) is 7.50. The molecule has 3 rings (SSSR count). The highest BCUT2D eigenvalue weighted by Gasteiger charge is 2.39. The minimum Gasteiger partial charge on any atom is -0.321 e. The van der Waals surface area contributed by atoms with E-state index in [1.807, 2.05) is 0 Å². The van der Waals surface area contributed by atoms with E-state index in [4.69, 9.17) is 23.2 Å². The first-order chi connectivity index (χ1) is 14.4. The molecule has 3 aromatic rings. The molecule has 0 bridgehead atoms. The summed E-state index contributed by atoms with van der Waals surface area (Å²) in [7, 11) is -2.88. The number of hydrogen-bond donors (Lipinski definition) is 2. The van der Waals surface area contributed by atoms with E-state index < -0.39 is 38.5 Å². The van der Waals surface area contributed by atoms with E-state index in [1.54, 1.807) is 0 Å². The monoisotopic (exact) mass is 494 g/mol. The molecule has 2 heterocycles. The maximum Gasteiger partial charge on any atom is 0.436 e. The molecule has 0 saturated carbocycles. The number of hydrogen-bond acceptors (Lipinski definition) is 6. The number of anilines is 2. The summed E-state index contributed by atoms with van der Waals surface area (Å²) < 4.78 is 66.4. The van der Waals surface area contributed by atoms with Gasteiger partial charge < -0.3 is 5.32 Å². The third kappa shape index (κ3) is 5.06. The number of rotatable bonds is 5. The van der Waals surface area contributed by atoms with Crippen molar-refractivity contribution in [1.82, 2.24) is 20.0 Å². The van der Waals surface area contributed by atoms with Gasteiger partial charge in [-0.1, -0.05) is 23.2 Å². The molecule has 15 heteroatoms. The Balaban J connectivity index is 1.77. The second-order valence-corrected chi connectivity index (χ2v) is 8.41. The van der Waals surface area contributed by atoms with E-state index >= 15 is 0 Å². The highest BCUT2D eigenvalue weighted by Crippen LogP contribution is 2.35. The van der Waals surface area contributed by atoms with Crippen molar-refractivity contribution in [3.8, 4) is 0 Å². The number of amides is 1. The summed E-state index contributed by atoms with van der Waals surface area (Å²) in [6.07, 6.45) is -4.83. The van der Waals surface area contributed by atoms with Crippen molar-refractivity contribution in [1.29, 1.82) is 0 Å². The second kappa shape index (κ2) is 8.32. The van der Waals surface area contributed by atoms with Crippen LogP contribution in [0.3, 0.4) is 0 Å². The van der Waals surface area contributed by atoms with Crippen LogP contribution in [0.15, 0.2) is 41.3 Å². The maximum atomic E-state index is 12.9. The van der Waals surface area contributed by atoms with Crippen molar-refractivity contribution >= 4 is 50.6 Å². The quantitative estimate of drug-likeness (QED) is 0.559. The number of nitrogens with one attached hydrogen (secondary N) is 2. The number of carbonyl (C=O) groups is 1. The van der Waals surface area contributed by atoms with Crippen LogP contribution >= 0.6 is 23.2 Å². The molecule has 1 amide bonds. The van der Waals surface area contributed by atoms with E-state index in [9.17, 15) is 26.4 Å². The number of aryl methyl sites for hydroxylation is 1. The Morgan fingerprint density at radius 3 is 2.23 bits per heavy atom. The lowest BCUT2D eigenvalue weighted by molar-refractivity contribution is -0.141. The first kappa shape index (κ1) is 22.8. The summed E-state index contributed by atoms with van der Waals surface area (Å²) in [6.45, 7) is 0. The summed E-state index contributed by atoms with van der Waals surface area (Å²) in [5, 5.41) is 11.9. The number of aromatic nitrogens is 4. The molecule has 0 unspecified atom stereocenters. The Morgan fingerprint density at radius 1 is 1.06 bits per heavy atom. The van der Waals surface area contributed by atoms with Gasteiger partial charge in [0.2, 0.25) is 0 Å². The van der Waals surface area contributed by atoms with Crippen molar-refractivity contribution in [2.45, 2.75) is 11.1 Å². The SMILES string of the molecule is Cn1nc(C(F)(F)F)c(Cl)c1C(=O)Nc1ccc(S(=O)(=O)Nc2ccc(Cl)nn2)cc1. The molecular weight excluding hydrogens is 484 g/mol. The lowest BCUT2D eigenvalue weighted by Gasteiger charge is -2.09. The Labute approximate surface area is 183 Å². The van der Waals surface area contributed by atoms with E-state index in [2.05, 4.69) is 25.3 Å². The summed E-state index contributed by atoms with van der Waals surface area (Å²) in [4.78, 5) is 12.2. The van der Waals surface area contributed by atoms with Gasteiger partial charge in [-0.25, -0.2) is 8.42 Å². The van der Waals surface area contributed by atoms with Crippen molar-refractivity contribution in [2.75, 3.05) is 10.0 Å². The third-order valence-electron chi connectivity index (χ3n) is 3.77. The molecule has 0 radical (unpaired) electrons. The molecule has 0 aliphatic heterocycles. The van der Waals surface area contributed by atoms with Crippen LogP contribution in [0.2, 0.25) is 10.2 Å². The van der Waals surface area contributed by atoms with Gasteiger partial charge in [-0.15, -0.1) is 10.2 Å². The van der Waals surface area contributed by atoms with Crippen molar-refractivity contribution in [3.63, 3.8) is 0 Å². The van der Waals surface area contributed by atoms with Crippen LogP contribution in [0, 0.1) is 0 Å². The van der Waals surface area contributed by atoms with E-state index in [0.29, 0.717) is 4.68 Å². The average molecular weight is 495 g/mol. The second-order valence-electron chi connectivity index (χ2n) is 5.96. The molecule has 0 aliphatic rings. The van der Waals surface area contributed by atoms with Gasteiger partial charge in [0.25, 0.3) is 15.9 Å². The number of carbonyl (C=O) groups excluding carboxylic acids is 1. The molecule has 0 saturated heterocycles. The standard InChI is InChI=1S/C16H11Cl2F3N6O3S/c1-27-13(12(18)14(25-27)16(19,20)21)15(28)22-8-2-4-9(5-3-8)31(29,30)26-11-7-6-10(17)23-24-11/h2-7H,1H3,(H,22,28)(H,24,26). The van der Waals surface area contributed by atoms with Crippen LogP contribution in [0.5, 0.6) is 0 Å². The lowest BCUT2D eigenvalue weighted by atomic mass is 10.3. The fourth-order valence-electron chi connectivity index (χ4n) is 2.40. The minimum absolute atomic E-state index is 0.0619. The molecule has 164 valence electrons. The molecule has 2 N–H and O–H groups in total. The Bertz CT molecular complexity index is 1230. The first-order valence-corrected chi connectivity index (χ1v) is 10.4. The summed E-state index contributed by atoms with van der Waals surface area (Å²) >= 11 is 11.3. The van der Waals surface area contributed by atoms with Gasteiger partial charge in [0.05, 0.1) is 4.90 Å². The largest absolute Gasteiger partial charge is 0.436 e. The van der Waals surface area contributed by atoms with Crippen molar-refractivity contribution < 1.29 is 26.4 Å². The van der Waals surface area contributed by atoms with Gasteiger partial charge in [0.15, 0.2) is 16.7 Å². The van der Waals surface area contributed by atoms with Gasteiger partial charge >= 0.3 is 6.18 Å². The molecule has 9 nitrogen and oxygen atoms in total. The minimum atomic E-state index is -4.83. The number of nitrogens with zero attached hydrogens (tertiary/aromatic N) is 4. The highest BCUT2D eigenvalue weighted by molar-refractivity contribution is 7.92. The fraction of sp³-hybridized carbons (Fsp3) is 0.125. The zero-order chi connectivity index (χ0) is 23.0. The Morgan fingerprint density at radius 2 is 1.71 bits per heavy atom. The number of benzene rings is 1. The normalized spacial score (nSPS) is 11.9. The Kier molecular flexibility index (Phi) is 6.11. The van der Waals surface area contributed by atoms with Gasteiger partial charge in [-0.05, 0) is 36.4 Å². The van der Waals surface area contributed by atoms with E-state index in [-0.39, 0.29) is 21.6 Å². The van der Waals surface area contributed by atoms with E-state index in [1.165, 1.54) is 36.4 Å². The predicted octanol–water partition coefficient (Wildman–Crippen LogP) is 3.59. The van der Waals surface area contributed by atoms with E-state index in [0.717, 1.165) is 7.05 Å². The first-order valence-electron chi connectivity index (χ1n) is 8.11. The number of halogens is 5. The molecule has 1 aromatic carbocycles. The van der Waals surface area contributed by atoms with Crippen LogP contribution in [-0.2, 0) is 23.2 Å². The van der Waals surface area contributed by atoms with Crippen molar-refractivity contribution in [3.05, 3.63) is 58.0 Å². The summed E-state index contributed by atoms with van der Waals surface area (Å²) in [5.41, 5.74) is -1.78. The van der Waals surface area contributed by atoms with Crippen LogP contribution in [0.1, 0.15) is 16.2 Å². The molecule has 0 spiro atoms. The molecular formula is C16H11Cl2F3N6O3S. The van der Waals surface area contributed by atoms with Crippen LogP contribution in [0.25, 0.3) is 0 Å². The van der Waals surface area contributed by atoms with Crippen molar-refractivity contribution in [2.24, 2.45) is 7.05 Å². The van der Waals surface area contributed by atoms with Gasteiger partial charge in [0.1, 0.15) is 10.7 Å². The van der Waals surface area contributed by atoms with Gasteiger partial charge in [-0.2, -0.15) is 18.3 Å². The fourth-order valence-corrected chi connectivity index (χ4v) is 3.85. The molecule has 31 heavy (non-hydrogen) atoms. The predicted molar refractivity (Wildman–Crippen MR) is 105 cm³/mol. The molecule has 0 fully saturated rings. The smallest absolute Gasteiger partial charge is 0.321 e. The average Bonchev–Trinajstić information content (AvgIpc) is 2.98. The van der Waals surface area contributed by atoms with Crippen LogP contribution in [-0.4, -0.2) is 34.3 Å². The van der Waals surface area contributed by atoms with Crippen LogP contribution < -0.4 is 10.0 Å². The topological polar surface area (TPSA) is 119 Å². The number of alkyl halides is 3. The third-order valence-corrected chi connectivity index (χ3v) is 5.70. The molecule has 2 aromatic heterocycles. The van der Waals surface area contributed by atoms with Gasteiger partial charge in [-0.3, -0.25) is 14.2 Å². The molecule has 0 aliphatic carbocycles. The zero-order valence-corrected chi connectivity index (χ0v) is 17.6. The maximum absolute atomic E-state index is 12.9. The molecule has 0 atom stereocenters. The van der Waals surface area contributed by atoms with Crippen LogP contribution in [0.4, 0.5) is 24.7 Å². The lowest BCUT2D eigenvalue weighted by Crippen LogP contribution is -2.17. The number of sulfonamides is 1. The van der Waals surface area contributed by atoms with Gasteiger partial charge in [0, 0.05) is 12.7 Å².